The van der Waals surface area contributed by atoms with E-state index in [2.05, 4.69) is 20.3 Å². The van der Waals surface area contributed by atoms with Gasteiger partial charge in [0.15, 0.2) is 5.82 Å². The molecule has 0 bridgehead atoms. The normalized spacial score (nSPS) is 12.4. The second kappa shape index (κ2) is 8.78. The van der Waals surface area contributed by atoms with Gasteiger partial charge in [-0.1, -0.05) is 0 Å². The number of carbonyl (C=O) groups excluding carboxylic acids is 1. The topological polar surface area (TPSA) is 106 Å². The van der Waals surface area contributed by atoms with Crippen LogP contribution in [0, 0.1) is 0 Å². The third-order valence-electron chi connectivity index (χ3n) is 5.63. The minimum Gasteiger partial charge on any atom is -0.481 e. The maximum absolute atomic E-state index is 12.7. The highest BCUT2D eigenvalue weighted by molar-refractivity contribution is 5.94. The number of nitrogens with one attached hydrogen (secondary N) is 1. The number of anilines is 2. The van der Waals surface area contributed by atoms with Crippen LogP contribution < -0.4 is 15.0 Å². The summed E-state index contributed by atoms with van der Waals surface area (Å²) in [6.07, 6.45) is 9.74. The predicted octanol–water partition coefficient (Wildman–Crippen LogP) is 3.05. The van der Waals surface area contributed by atoms with Gasteiger partial charge in [-0.05, 0) is 37.5 Å². The molecule has 4 heterocycles. The zero-order valence-corrected chi connectivity index (χ0v) is 18.4. The zero-order valence-electron chi connectivity index (χ0n) is 18.4. The number of aromatic nitrogens is 5. The number of fused-ring (bicyclic) bond motifs is 2. The molecule has 0 saturated carbocycles. The Kier molecular flexibility index (Phi) is 5.52. The summed E-state index contributed by atoms with van der Waals surface area (Å²) in [6, 6.07) is 7.33. The van der Waals surface area contributed by atoms with Crippen LogP contribution in [-0.2, 0) is 17.6 Å². The second-order valence-corrected chi connectivity index (χ2v) is 7.94. The Balaban J connectivity index is 1.40. The van der Waals surface area contributed by atoms with Gasteiger partial charge < -0.3 is 15.0 Å². The minimum atomic E-state index is -0.161. The van der Waals surface area contributed by atoms with Gasteiger partial charge in [0, 0.05) is 53.7 Å². The summed E-state index contributed by atoms with van der Waals surface area (Å²) in [7, 11) is 3.42. The smallest absolute Gasteiger partial charge is 0.243 e. The molecule has 1 amide bonds. The number of hydrogen-bond donors (Lipinski definition) is 1. The first kappa shape index (κ1) is 20.7. The molecule has 0 radical (unpaired) electrons. The van der Waals surface area contributed by atoms with E-state index >= 15 is 0 Å². The van der Waals surface area contributed by atoms with Gasteiger partial charge in [0.05, 0.1) is 25.5 Å². The van der Waals surface area contributed by atoms with E-state index in [0.717, 1.165) is 47.1 Å². The van der Waals surface area contributed by atoms with Crippen molar-refractivity contribution in [3.8, 4) is 17.4 Å². The molecule has 33 heavy (non-hydrogen) atoms. The molecule has 5 rings (SSSR count). The van der Waals surface area contributed by atoms with Crippen molar-refractivity contribution in [2.24, 2.45) is 0 Å². The number of rotatable bonds is 6. The number of amides is 1. The summed E-state index contributed by atoms with van der Waals surface area (Å²) >= 11 is 0. The SMILES string of the molecule is COc1ccc(NC(=O)CN(C)c2nc(-c3cc4cnccc4cn3)nc3c2CCC3)cn1. The van der Waals surface area contributed by atoms with E-state index in [4.69, 9.17) is 14.7 Å². The average molecular weight is 441 g/mol. The Bertz CT molecular complexity index is 1320. The van der Waals surface area contributed by atoms with E-state index in [0.29, 0.717) is 23.1 Å². The minimum absolute atomic E-state index is 0.143. The van der Waals surface area contributed by atoms with E-state index in [1.54, 1.807) is 37.8 Å². The van der Waals surface area contributed by atoms with Crippen molar-refractivity contribution in [2.75, 3.05) is 30.9 Å². The van der Waals surface area contributed by atoms with Gasteiger partial charge in [0.2, 0.25) is 11.8 Å². The number of pyridine rings is 3. The van der Waals surface area contributed by atoms with E-state index < -0.39 is 0 Å². The van der Waals surface area contributed by atoms with Crippen molar-refractivity contribution in [2.45, 2.75) is 19.3 Å². The molecule has 9 heteroatoms. The molecule has 0 unspecified atom stereocenters. The second-order valence-electron chi connectivity index (χ2n) is 7.94. The molecule has 1 aliphatic rings. The number of ether oxygens (including phenoxy) is 1. The van der Waals surface area contributed by atoms with Gasteiger partial charge >= 0.3 is 0 Å². The number of carbonyl (C=O) groups is 1. The highest BCUT2D eigenvalue weighted by Gasteiger charge is 2.23. The van der Waals surface area contributed by atoms with Crippen LogP contribution in [0.1, 0.15) is 17.7 Å². The van der Waals surface area contributed by atoms with Crippen LogP contribution in [0.25, 0.3) is 22.3 Å². The quantitative estimate of drug-likeness (QED) is 0.487. The first-order valence-corrected chi connectivity index (χ1v) is 10.7. The fourth-order valence-corrected chi connectivity index (χ4v) is 4.01. The molecule has 0 fully saturated rings. The molecule has 4 aromatic heterocycles. The zero-order chi connectivity index (χ0) is 22.8. The van der Waals surface area contributed by atoms with E-state index in [1.165, 1.54) is 0 Å². The monoisotopic (exact) mass is 441 g/mol. The molecule has 0 saturated heterocycles. The van der Waals surface area contributed by atoms with Crippen LogP contribution in [0.4, 0.5) is 11.5 Å². The summed E-state index contributed by atoms with van der Waals surface area (Å²) < 4.78 is 5.06. The number of hydrogen-bond acceptors (Lipinski definition) is 8. The molecule has 0 spiro atoms. The molecule has 0 aromatic carbocycles. The van der Waals surface area contributed by atoms with Crippen molar-refractivity contribution in [3.05, 3.63) is 60.3 Å². The van der Waals surface area contributed by atoms with Crippen molar-refractivity contribution >= 4 is 28.2 Å². The summed E-state index contributed by atoms with van der Waals surface area (Å²) in [6.45, 7) is 0.143. The van der Waals surface area contributed by atoms with E-state index in [1.807, 2.05) is 30.3 Å². The van der Waals surface area contributed by atoms with Crippen LogP contribution in [0.3, 0.4) is 0 Å². The maximum atomic E-state index is 12.7. The molecule has 0 atom stereocenters. The predicted molar refractivity (Wildman–Crippen MR) is 125 cm³/mol. The lowest BCUT2D eigenvalue weighted by Crippen LogP contribution is -2.31. The molecule has 4 aromatic rings. The molecule has 9 nitrogen and oxygen atoms in total. The summed E-state index contributed by atoms with van der Waals surface area (Å²) in [5.74, 6) is 1.66. The van der Waals surface area contributed by atoms with Gasteiger partial charge in [0.25, 0.3) is 0 Å². The fourth-order valence-electron chi connectivity index (χ4n) is 4.01. The van der Waals surface area contributed by atoms with Crippen LogP contribution >= 0.6 is 0 Å². The molecule has 1 N–H and O–H groups in total. The van der Waals surface area contributed by atoms with Gasteiger partial charge in [-0.15, -0.1) is 0 Å². The third-order valence-corrected chi connectivity index (χ3v) is 5.63. The van der Waals surface area contributed by atoms with E-state index in [-0.39, 0.29) is 12.5 Å². The van der Waals surface area contributed by atoms with Crippen LogP contribution in [0.2, 0.25) is 0 Å². The van der Waals surface area contributed by atoms with Crippen LogP contribution in [0.5, 0.6) is 5.88 Å². The van der Waals surface area contributed by atoms with Gasteiger partial charge in [-0.3, -0.25) is 14.8 Å². The van der Waals surface area contributed by atoms with Crippen molar-refractivity contribution in [3.63, 3.8) is 0 Å². The largest absolute Gasteiger partial charge is 0.481 e. The highest BCUT2D eigenvalue weighted by atomic mass is 16.5. The number of aryl methyl sites for hydroxylation is 1. The lowest BCUT2D eigenvalue weighted by atomic mass is 10.2. The van der Waals surface area contributed by atoms with Crippen molar-refractivity contribution in [1.29, 1.82) is 0 Å². The molecule has 0 aliphatic heterocycles. The van der Waals surface area contributed by atoms with Gasteiger partial charge in [0.1, 0.15) is 11.5 Å². The Hall–Kier alpha value is -4.14. The molecular formula is C24H23N7O2. The number of nitrogens with zero attached hydrogens (tertiary/aromatic N) is 6. The first-order valence-electron chi connectivity index (χ1n) is 10.7. The van der Waals surface area contributed by atoms with Gasteiger partial charge in [-0.2, -0.15) is 0 Å². The average Bonchev–Trinajstić information content (AvgIpc) is 3.32. The summed E-state index contributed by atoms with van der Waals surface area (Å²) in [4.78, 5) is 37.0. The number of likely N-dealkylation sites (N-methyl/N-ethyl adjacent to an activating group) is 1. The van der Waals surface area contributed by atoms with Gasteiger partial charge in [-0.25, -0.2) is 15.0 Å². The Morgan fingerprint density at radius 3 is 2.82 bits per heavy atom. The molecule has 166 valence electrons. The number of methoxy groups -OCH3 is 1. The maximum Gasteiger partial charge on any atom is 0.243 e. The lowest BCUT2D eigenvalue weighted by molar-refractivity contribution is -0.114. The summed E-state index contributed by atoms with van der Waals surface area (Å²) in [5, 5.41) is 4.86. The van der Waals surface area contributed by atoms with Crippen molar-refractivity contribution < 1.29 is 9.53 Å². The van der Waals surface area contributed by atoms with Crippen LogP contribution in [-0.4, -0.2) is 51.5 Å². The van der Waals surface area contributed by atoms with E-state index in [9.17, 15) is 4.79 Å². The van der Waals surface area contributed by atoms with Crippen molar-refractivity contribution in [1.82, 2.24) is 24.9 Å². The third kappa shape index (κ3) is 4.30. The van der Waals surface area contributed by atoms with Crippen LogP contribution in [0.15, 0.2) is 49.1 Å². The molecular weight excluding hydrogens is 418 g/mol. The molecule has 1 aliphatic carbocycles. The fraction of sp³-hybridized carbons (Fsp3) is 0.250. The highest BCUT2D eigenvalue weighted by Crippen LogP contribution is 2.31. The lowest BCUT2D eigenvalue weighted by Gasteiger charge is -2.21. The standard InChI is InChI=1S/C24H23N7O2/c1-31(14-21(32)28-17-6-7-22(33-2)27-13-17)24-18-4-3-5-19(18)29-23(30-24)20-10-16-11-25-9-8-15(16)12-26-20/h6-13H,3-5,14H2,1-2H3,(H,28,32). The first-order chi connectivity index (χ1) is 16.1. The summed E-state index contributed by atoms with van der Waals surface area (Å²) in [5.41, 5.74) is 3.42. The Morgan fingerprint density at radius 2 is 2.00 bits per heavy atom. The Labute approximate surface area is 190 Å². The Morgan fingerprint density at radius 1 is 1.09 bits per heavy atom.